The summed E-state index contributed by atoms with van der Waals surface area (Å²) in [5, 5.41) is 9.53. The highest BCUT2D eigenvalue weighted by molar-refractivity contribution is 7.89. The zero-order chi connectivity index (χ0) is 13.2. The summed E-state index contributed by atoms with van der Waals surface area (Å²) in [5.41, 5.74) is 2.47. The summed E-state index contributed by atoms with van der Waals surface area (Å²) in [6.45, 7) is 1.99. The maximum absolute atomic E-state index is 12.0. The lowest BCUT2D eigenvalue weighted by Gasteiger charge is -2.07. The van der Waals surface area contributed by atoms with Crippen molar-refractivity contribution < 1.29 is 13.5 Å². The molecule has 0 fully saturated rings. The lowest BCUT2D eigenvalue weighted by molar-refractivity contribution is 0.458. The number of aromatic hydroxyl groups is 1. The van der Waals surface area contributed by atoms with Crippen LogP contribution in [0.2, 0.25) is 0 Å². The van der Waals surface area contributed by atoms with Crippen molar-refractivity contribution in [3.05, 3.63) is 40.3 Å². The highest BCUT2D eigenvalue weighted by Crippen LogP contribution is 2.21. The molecule has 1 aromatic carbocycles. The fraction of sp³-hybridized carbons (Fsp3) is 0.182. The zero-order valence-corrected chi connectivity index (χ0v) is 11.3. The predicted octanol–water partition coefficient (Wildman–Crippen LogP) is 1.64. The summed E-state index contributed by atoms with van der Waals surface area (Å²) in [5.74, 6) is -0.258. The van der Waals surface area contributed by atoms with Crippen LogP contribution in [-0.4, -0.2) is 18.5 Å². The summed E-state index contributed by atoms with van der Waals surface area (Å²) in [4.78, 5) is 4.78. The molecule has 0 saturated heterocycles. The lowest BCUT2D eigenvalue weighted by Crippen LogP contribution is -2.23. The zero-order valence-electron chi connectivity index (χ0n) is 9.62. The first-order valence-electron chi connectivity index (χ1n) is 5.17. The minimum atomic E-state index is -3.70. The molecule has 96 valence electrons. The molecule has 2 aromatic rings. The van der Waals surface area contributed by atoms with Crippen molar-refractivity contribution in [3.63, 3.8) is 0 Å². The Morgan fingerprint density at radius 3 is 2.72 bits per heavy atom. The van der Waals surface area contributed by atoms with Gasteiger partial charge >= 0.3 is 0 Å². The topological polar surface area (TPSA) is 79.3 Å². The number of aromatic nitrogens is 1. The molecule has 2 N–H and O–H groups in total. The minimum absolute atomic E-state index is 0.118. The van der Waals surface area contributed by atoms with Crippen molar-refractivity contribution in [3.8, 4) is 5.75 Å². The van der Waals surface area contributed by atoms with Gasteiger partial charge in [0.15, 0.2) is 0 Å². The Labute approximate surface area is 109 Å². The van der Waals surface area contributed by atoms with E-state index in [0.29, 0.717) is 0 Å². The van der Waals surface area contributed by atoms with Crippen LogP contribution in [-0.2, 0) is 16.6 Å². The van der Waals surface area contributed by atoms with Gasteiger partial charge in [0.25, 0.3) is 0 Å². The molecular weight excluding hydrogens is 272 g/mol. The molecule has 0 unspecified atom stereocenters. The Kier molecular flexibility index (Phi) is 3.65. The van der Waals surface area contributed by atoms with Crippen molar-refractivity contribution in [1.29, 1.82) is 0 Å². The van der Waals surface area contributed by atoms with E-state index in [1.54, 1.807) is 17.6 Å². The molecule has 0 aliphatic rings. The van der Waals surface area contributed by atoms with Gasteiger partial charge in [0, 0.05) is 11.4 Å². The molecule has 2 rings (SSSR count). The number of nitrogens with one attached hydrogen (secondary N) is 1. The van der Waals surface area contributed by atoms with Gasteiger partial charge in [-0.1, -0.05) is 12.1 Å². The van der Waals surface area contributed by atoms with Gasteiger partial charge in [-0.3, -0.25) is 0 Å². The fourth-order valence-corrected chi connectivity index (χ4v) is 3.32. The Morgan fingerprint density at radius 1 is 1.39 bits per heavy atom. The van der Waals surface area contributed by atoms with Crippen LogP contribution in [0.1, 0.15) is 10.6 Å². The van der Waals surface area contributed by atoms with Crippen molar-refractivity contribution in [2.24, 2.45) is 0 Å². The van der Waals surface area contributed by atoms with Crippen LogP contribution in [0.25, 0.3) is 0 Å². The summed E-state index contributed by atoms with van der Waals surface area (Å²) in [7, 11) is -3.70. The maximum Gasteiger partial charge on any atom is 0.244 e. The van der Waals surface area contributed by atoms with Crippen LogP contribution in [0, 0.1) is 6.92 Å². The summed E-state index contributed by atoms with van der Waals surface area (Å²) in [6.07, 6.45) is 0. The van der Waals surface area contributed by atoms with Crippen molar-refractivity contribution in [1.82, 2.24) is 9.71 Å². The first-order valence-corrected chi connectivity index (χ1v) is 7.53. The number of thiazole rings is 1. The number of sulfonamides is 1. The molecule has 0 saturated carbocycles. The number of rotatable bonds is 4. The van der Waals surface area contributed by atoms with Gasteiger partial charge in [0.2, 0.25) is 10.0 Å². The standard InChI is InChI=1S/C11H12N2O3S2/c1-8-10(17-7-12-8)6-13-18(15,16)11-5-3-2-4-9(11)14/h2-5,7,13-14H,6H2,1H3. The number of aryl methyl sites for hydroxylation is 1. The number of hydrogen-bond donors (Lipinski definition) is 2. The second-order valence-corrected chi connectivity index (χ2v) is 6.33. The van der Waals surface area contributed by atoms with E-state index < -0.39 is 10.0 Å². The molecule has 1 aromatic heterocycles. The van der Waals surface area contributed by atoms with Gasteiger partial charge in [0.1, 0.15) is 10.6 Å². The quantitative estimate of drug-likeness (QED) is 0.894. The molecule has 0 bridgehead atoms. The van der Waals surface area contributed by atoms with Gasteiger partial charge in [-0.25, -0.2) is 18.1 Å². The third-order valence-corrected chi connectivity index (χ3v) is 4.81. The van der Waals surface area contributed by atoms with E-state index >= 15 is 0 Å². The molecule has 0 amide bonds. The SMILES string of the molecule is Cc1ncsc1CNS(=O)(=O)c1ccccc1O. The number of nitrogens with zero attached hydrogens (tertiary/aromatic N) is 1. The highest BCUT2D eigenvalue weighted by atomic mass is 32.2. The second kappa shape index (κ2) is 5.05. The molecule has 0 atom stereocenters. The molecule has 0 aliphatic heterocycles. The van der Waals surface area contributed by atoms with Crippen LogP contribution in [0.5, 0.6) is 5.75 Å². The normalized spacial score (nSPS) is 11.6. The van der Waals surface area contributed by atoms with Crippen LogP contribution >= 0.6 is 11.3 Å². The smallest absolute Gasteiger partial charge is 0.244 e. The van der Waals surface area contributed by atoms with E-state index in [1.165, 1.54) is 23.5 Å². The van der Waals surface area contributed by atoms with Gasteiger partial charge in [-0.05, 0) is 19.1 Å². The van der Waals surface area contributed by atoms with Crippen LogP contribution < -0.4 is 4.72 Å². The van der Waals surface area contributed by atoms with Gasteiger partial charge < -0.3 is 5.11 Å². The maximum atomic E-state index is 12.0. The van der Waals surface area contributed by atoms with E-state index in [4.69, 9.17) is 0 Å². The van der Waals surface area contributed by atoms with E-state index in [-0.39, 0.29) is 17.2 Å². The lowest BCUT2D eigenvalue weighted by atomic mass is 10.3. The van der Waals surface area contributed by atoms with E-state index in [9.17, 15) is 13.5 Å². The second-order valence-electron chi connectivity index (χ2n) is 3.65. The molecule has 7 heteroatoms. The highest BCUT2D eigenvalue weighted by Gasteiger charge is 2.18. The van der Waals surface area contributed by atoms with Crippen LogP contribution in [0.3, 0.4) is 0 Å². The van der Waals surface area contributed by atoms with E-state index in [2.05, 4.69) is 9.71 Å². The molecular formula is C11H12N2O3S2. The van der Waals surface area contributed by atoms with Crippen LogP contribution in [0.4, 0.5) is 0 Å². The number of para-hydroxylation sites is 1. The Morgan fingerprint density at radius 2 is 2.11 bits per heavy atom. The number of phenolic OH excluding ortho intramolecular Hbond substituents is 1. The summed E-state index contributed by atoms with van der Waals surface area (Å²) >= 11 is 1.39. The molecule has 18 heavy (non-hydrogen) atoms. The Bertz CT molecular complexity index is 650. The van der Waals surface area contributed by atoms with E-state index in [1.807, 2.05) is 6.92 Å². The van der Waals surface area contributed by atoms with Crippen molar-refractivity contribution in [2.75, 3.05) is 0 Å². The predicted molar refractivity (Wildman–Crippen MR) is 69.0 cm³/mol. The van der Waals surface area contributed by atoms with Crippen molar-refractivity contribution in [2.45, 2.75) is 18.4 Å². The van der Waals surface area contributed by atoms with Gasteiger partial charge in [-0.15, -0.1) is 11.3 Å². The van der Waals surface area contributed by atoms with Gasteiger partial charge in [0.05, 0.1) is 11.2 Å². The molecule has 0 radical (unpaired) electrons. The van der Waals surface area contributed by atoms with E-state index in [0.717, 1.165) is 10.6 Å². The number of benzene rings is 1. The fourth-order valence-electron chi connectivity index (χ4n) is 1.42. The van der Waals surface area contributed by atoms with Crippen molar-refractivity contribution >= 4 is 21.4 Å². The first-order chi connectivity index (χ1) is 8.50. The summed E-state index contributed by atoms with van der Waals surface area (Å²) in [6, 6.07) is 5.83. The minimum Gasteiger partial charge on any atom is -0.507 e. The van der Waals surface area contributed by atoms with Gasteiger partial charge in [-0.2, -0.15) is 0 Å². The molecule has 1 heterocycles. The first kappa shape index (κ1) is 13.0. The molecule has 0 spiro atoms. The Balaban J connectivity index is 2.19. The summed E-state index contributed by atoms with van der Waals surface area (Å²) < 4.78 is 26.4. The third-order valence-electron chi connectivity index (χ3n) is 2.42. The monoisotopic (exact) mass is 284 g/mol. The largest absolute Gasteiger partial charge is 0.507 e. The Hall–Kier alpha value is -1.44. The number of phenols is 1. The van der Waals surface area contributed by atoms with Crippen LogP contribution in [0.15, 0.2) is 34.7 Å². The average molecular weight is 284 g/mol. The molecule has 5 nitrogen and oxygen atoms in total. The third kappa shape index (κ3) is 2.69. The average Bonchev–Trinajstić information content (AvgIpc) is 2.73. The molecule has 0 aliphatic carbocycles. The number of hydrogen-bond acceptors (Lipinski definition) is 5.